The van der Waals surface area contributed by atoms with Gasteiger partial charge < -0.3 is 4.90 Å². The van der Waals surface area contributed by atoms with Crippen molar-refractivity contribution < 1.29 is 0 Å². The highest BCUT2D eigenvalue weighted by atomic mass is 32.1. The third-order valence-corrected chi connectivity index (χ3v) is 15.5. The standard InChI is InChI=1S/C56H19B18N3S/c57-34-31(25-18-23(19-29-30(25)24-13-4-7-16-28(24)78-29)53-52(75-26-14-5-6-15-27(26)76-53)22-12-8-11-21(17-22)20-9-2-1-3-10-20)35(58)47(70)54(46(34)69)77(56-50(73)44(67)43(66)45(68)51(56)74)55-48(71)38(61)33(39(62)49(55)72)32-36(59)40(63)42(65)41(64)37(32)60/h1-19H. The Hall–Kier alpha value is -6.49. The summed E-state index contributed by atoms with van der Waals surface area (Å²) in [5.74, 6) is 0. The highest BCUT2D eigenvalue weighted by Crippen LogP contribution is 2.44. The lowest BCUT2D eigenvalue weighted by molar-refractivity contribution is 1.29. The first-order valence-electron chi connectivity index (χ1n) is 24.0. The van der Waals surface area contributed by atoms with E-state index in [-0.39, 0.29) is 132 Å². The zero-order chi connectivity index (χ0) is 55.5. The van der Waals surface area contributed by atoms with Crippen molar-refractivity contribution in [3.63, 3.8) is 0 Å². The molecular formula is C56H19B18N3S. The number of hydrogen-bond donors (Lipinski definition) is 0. The van der Waals surface area contributed by atoms with E-state index in [1.165, 1.54) is 4.90 Å². The maximum absolute atomic E-state index is 7.39. The first-order chi connectivity index (χ1) is 37.2. The summed E-state index contributed by atoms with van der Waals surface area (Å²) < 4.78 is 1.85. The van der Waals surface area contributed by atoms with Crippen LogP contribution < -0.4 is 103 Å². The van der Waals surface area contributed by atoms with Gasteiger partial charge in [0.25, 0.3) is 0 Å². The maximum Gasteiger partial charge on any atom is 0.115 e. The summed E-state index contributed by atoms with van der Waals surface area (Å²) in [6.45, 7) is 0. The van der Waals surface area contributed by atoms with Crippen LogP contribution in [0.1, 0.15) is 0 Å². The van der Waals surface area contributed by atoms with E-state index in [1.54, 1.807) is 11.3 Å². The number of rotatable bonds is 8. The monoisotopic (exact) mass is 963 g/mol. The van der Waals surface area contributed by atoms with Crippen LogP contribution in [-0.2, 0) is 0 Å². The van der Waals surface area contributed by atoms with E-state index in [0.29, 0.717) is 33.5 Å². The Balaban J connectivity index is 1.21. The van der Waals surface area contributed by atoms with Gasteiger partial charge in [0, 0.05) is 48.4 Å². The molecule has 0 unspecified atom stereocenters. The van der Waals surface area contributed by atoms with Crippen LogP contribution in [-0.4, -0.2) is 151 Å². The van der Waals surface area contributed by atoms with E-state index in [2.05, 4.69) is 30.3 Å². The lowest BCUT2D eigenvalue weighted by Gasteiger charge is -2.40. The van der Waals surface area contributed by atoms with Gasteiger partial charge in [-0.1, -0.05) is 144 Å². The third-order valence-electron chi connectivity index (χ3n) is 14.4. The molecule has 318 valence electrons. The zero-order valence-corrected chi connectivity index (χ0v) is 42.4. The summed E-state index contributed by atoms with van der Waals surface area (Å²) in [6, 6.07) is 38.0. The molecule has 2 aromatic heterocycles. The highest BCUT2D eigenvalue weighted by Gasteiger charge is 2.30. The first kappa shape index (κ1) is 53.5. The maximum atomic E-state index is 7.39. The molecule has 9 aromatic carbocycles. The minimum Gasteiger partial charge on any atom is -0.314 e. The van der Waals surface area contributed by atoms with E-state index in [4.69, 9.17) is 151 Å². The molecule has 0 spiro atoms. The number of benzene rings is 9. The van der Waals surface area contributed by atoms with Gasteiger partial charge in [0.1, 0.15) is 141 Å². The minimum absolute atomic E-state index is 0.0135. The van der Waals surface area contributed by atoms with E-state index in [9.17, 15) is 0 Å². The molecule has 2 heterocycles. The Morgan fingerprint density at radius 1 is 0.295 bits per heavy atom. The molecular weight excluding hydrogens is 941 g/mol. The molecule has 0 atom stereocenters. The molecule has 36 radical (unpaired) electrons. The van der Waals surface area contributed by atoms with Gasteiger partial charge >= 0.3 is 0 Å². The van der Waals surface area contributed by atoms with Gasteiger partial charge in [-0.15, -0.1) is 44.1 Å². The molecule has 11 rings (SSSR count). The quantitative estimate of drug-likeness (QED) is 0.143. The van der Waals surface area contributed by atoms with Crippen LogP contribution in [0.25, 0.3) is 87.1 Å². The van der Waals surface area contributed by atoms with Crippen molar-refractivity contribution in [3.05, 3.63) is 115 Å². The van der Waals surface area contributed by atoms with Gasteiger partial charge in [-0.25, -0.2) is 9.97 Å². The molecule has 0 amide bonds. The van der Waals surface area contributed by atoms with E-state index in [1.807, 2.05) is 84.9 Å². The fourth-order valence-corrected chi connectivity index (χ4v) is 11.4. The Labute approximate surface area is 481 Å². The predicted molar refractivity (Wildman–Crippen MR) is 351 cm³/mol. The second-order valence-corrected chi connectivity index (χ2v) is 19.9. The number of hydrogen-bond acceptors (Lipinski definition) is 4. The topological polar surface area (TPSA) is 29.0 Å². The number of nitrogens with zero attached hydrogens (tertiary/aromatic N) is 3. The summed E-state index contributed by atoms with van der Waals surface area (Å²) in [6.07, 6.45) is 0. The predicted octanol–water partition coefficient (Wildman–Crippen LogP) is -5.91. The SMILES string of the molecule is [B]c1c([B])c([B])c(-c2c([B])c([B])c(N(c3c([B])c([B])c([B])c([B])c3[B])c3c([B])c([B])c(-c4cc(-c5nc6ccccc6nc5-c5cccc(-c6ccccc6)c5)cc5sc6ccccc6c45)c([B])c3[B])c([B])c2[B])c([B])c1[B]. The minimum atomic E-state index is -0.252. The van der Waals surface area contributed by atoms with Gasteiger partial charge in [0.2, 0.25) is 0 Å². The van der Waals surface area contributed by atoms with Gasteiger partial charge in [0.15, 0.2) is 0 Å². The molecule has 0 aliphatic heterocycles. The van der Waals surface area contributed by atoms with Crippen LogP contribution in [0.2, 0.25) is 0 Å². The molecule has 22 heteroatoms. The second kappa shape index (κ2) is 20.3. The Kier molecular flexibility index (Phi) is 13.9. The summed E-state index contributed by atoms with van der Waals surface area (Å²) >= 11 is 1.57. The molecule has 0 saturated heterocycles. The first-order valence-corrected chi connectivity index (χ1v) is 24.8. The van der Waals surface area contributed by atoms with Crippen LogP contribution in [0, 0.1) is 0 Å². The molecule has 11 aromatic rings. The smallest absolute Gasteiger partial charge is 0.115 e. The van der Waals surface area contributed by atoms with Gasteiger partial charge in [0.05, 0.1) is 22.4 Å². The normalized spacial score (nSPS) is 11.5. The summed E-state index contributed by atoms with van der Waals surface area (Å²) in [4.78, 5) is 11.9. The van der Waals surface area contributed by atoms with Crippen molar-refractivity contribution in [2.75, 3.05) is 4.90 Å². The van der Waals surface area contributed by atoms with Gasteiger partial charge in [-0.3, -0.25) is 0 Å². The number of para-hydroxylation sites is 2. The zero-order valence-electron chi connectivity index (χ0n) is 41.6. The molecule has 0 saturated carbocycles. The van der Waals surface area contributed by atoms with Crippen molar-refractivity contribution in [2.45, 2.75) is 0 Å². The molecule has 0 bridgehead atoms. The van der Waals surface area contributed by atoms with Crippen molar-refractivity contribution in [3.8, 4) is 55.9 Å². The number of fused-ring (bicyclic) bond motifs is 4. The number of anilines is 3. The molecule has 0 fully saturated rings. The third kappa shape index (κ3) is 8.36. The molecule has 0 aliphatic carbocycles. The van der Waals surface area contributed by atoms with E-state index in [0.717, 1.165) is 36.9 Å². The second-order valence-electron chi connectivity index (χ2n) is 18.8. The fourth-order valence-electron chi connectivity index (χ4n) is 10.3. The summed E-state index contributed by atoms with van der Waals surface area (Å²) in [5, 5.41) is 1.72. The summed E-state index contributed by atoms with van der Waals surface area (Å²) in [7, 11) is 122. The van der Waals surface area contributed by atoms with Crippen LogP contribution in [0.3, 0.4) is 0 Å². The fraction of sp³-hybridized carbons (Fsp3) is 0. The Bertz CT molecular complexity index is 4280. The highest BCUT2D eigenvalue weighted by molar-refractivity contribution is 7.26. The molecule has 0 N–H and O–H groups in total. The molecule has 78 heavy (non-hydrogen) atoms. The average molecular weight is 960 g/mol. The van der Waals surface area contributed by atoms with Crippen molar-refractivity contribution in [1.82, 2.24) is 9.97 Å². The largest absolute Gasteiger partial charge is 0.314 e. The van der Waals surface area contributed by atoms with Crippen LogP contribution in [0.5, 0.6) is 0 Å². The van der Waals surface area contributed by atoms with Crippen molar-refractivity contribution in [2.24, 2.45) is 0 Å². The van der Waals surface area contributed by atoms with Crippen molar-refractivity contribution in [1.29, 1.82) is 0 Å². The Morgan fingerprint density at radius 3 is 1.21 bits per heavy atom. The van der Waals surface area contributed by atoms with E-state index < -0.39 is 0 Å². The van der Waals surface area contributed by atoms with Crippen LogP contribution in [0.4, 0.5) is 17.1 Å². The number of aromatic nitrogens is 2. The lowest BCUT2D eigenvalue weighted by atomic mass is 9.56. The average Bonchev–Trinajstić information content (AvgIpc) is 3.93. The number of thiophene rings is 1. The molecule has 0 aliphatic rings. The van der Waals surface area contributed by atoms with Crippen LogP contribution in [0.15, 0.2) is 115 Å². The molecule has 3 nitrogen and oxygen atoms in total. The van der Waals surface area contributed by atoms with Gasteiger partial charge in [-0.05, 0) is 69.8 Å². The summed E-state index contributed by atoms with van der Waals surface area (Å²) in [5.41, 5.74) is 4.01. The van der Waals surface area contributed by atoms with Crippen LogP contribution >= 0.6 is 11.3 Å². The Morgan fingerprint density at radius 2 is 0.679 bits per heavy atom. The van der Waals surface area contributed by atoms with Crippen molar-refractivity contribution >= 4 is 299 Å². The lowest BCUT2D eigenvalue weighted by Crippen LogP contribution is -2.59. The van der Waals surface area contributed by atoms with E-state index >= 15 is 0 Å². The van der Waals surface area contributed by atoms with Gasteiger partial charge in [-0.2, -0.15) is 0 Å².